The number of nitrogen functional groups attached to an aromatic ring is 1. The fraction of sp³-hybridized carbons (Fsp3) is 0.100. The van der Waals surface area contributed by atoms with Gasteiger partial charge in [0.15, 0.2) is 0 Å². The average molecular weight is 252 g/mol. The van der Waals surface area contributed by atoms with Crippen LogP contribution < -0.4 is 5.73 Å². The van der Waals surface area contributed by atoms with E-state index in [1.807, 2.05) is 18.2 Å². The van der Waals surface area contributed by atoms with E-state index in [9.17, 15) is 0 Å². The average Bonchev–Trinajstić information content (AvgIpc) is 2.51. The van der Waals surface area contributed by atoms with Crippen molar-refractivity contribution in [1.29, 1.82) is 0 Å². The molecular weight excluding hydrogens is 242 g/mol. The Labute approximate surface area is 90.5 Å². The molecular formula is C10H10BrN3. The molecule has 4 heteroatoms. The summed E-state index contributed by atoms with van der Waals surface area (Å²) in [5, 5.41) is 6.76. The number of H-pyrrole nitrogens is 1. The molecule has 2 rings (SSSR count). The fourth-order valence-electron chi connectivity index (χ4n) is 1.34. The molecule has 0 amide bonds. The second-order valence-corrected chi connectivity index (χ2v) is 4.04. The number of aromatic nitrogens is 2. The van der Waals surface area contributed by atoms with Crippen molar-refractivity contribution in [2.75, 3.05) is 5.73 Å². The molecule has 1 aromatic heterocycles. The Balaban J connectivity index is 2.18. The van der Waals surface area contributed by atoms with Crippen LogP contribution in [0.25, 0.3) is 0 Å². The molecule has 3 N–H and O–H groups in total. The molecule has 0 saturated carbocycles. The van der Waals surface area contributed by atoms with Gasteiger partial charge in [0.2, 0.25) is 0 Å². The predicted octanol–water partition coefficient (Wildman–Crippen LogP) is 2.35. The van der Waals surface area contributed by atoms with Gasteiger partial charge in [-0.05, 0) is 17.7 Å². The highest BCUT2D eigenvalue weighted by Crippen LogP contribution is 2.14. The van der Waals surface area contributed by atoms with Crippen LogP contribution in [0.2, 0.25) is 0 Å². The van der Waals surface area contributed by atoms with Gasteiger partial charge in [0, 0.05) is 22.7 Å². The van der Waals surface area contributed by atoms with Crippen molar-refractivity contribution in [3.8, 4) is 0 Å². The Morgan fingerprint density at radius 3 is 2.86 bits per heavy atom. The molecule has 2 aromatic rings. The number of hydrogen-bond donors (Lipinski definition) is 2. The molecule has 0 fully saturated rings. The summed E-state index contributed by atoms with van der Waals surface area (Å²) in [5.74, 6) is 0.537. The van der Waals surface area contributed by atoms with Crippen LogP contribution in [-0.2, 0) is 6.42 Å². The summed E-state index contributed by atoms with van der Waals surface area (Å²) >= 11 is 3.43. The highest BCUT2D eigenvalue weighted by Gasteiger charge is 1.99. The molecule has 72 valence electrons. The number of rotatable bonds is 2. The van der Waals surface area contributed by atoms with Gasteiger partial charge >= 0.3 is 0 Å². The second-order valence-electron chi connectivity index (χ2n) is 3.12. The van der Waals surface area contributed by atoms with Gasteiger partial charge in [0.25, 0.3) is 0 Å². The van der Waals surface area contributed by atoms with E-state index in [0.717, 1.165) is 16.6 Å². The van der Waals surface area contributed by atoms with Crippen molar-refractivity contribution in [3.63, 3.8) is 0 Å². The Kier molecular flexibility index (Phi) is 2.54. The zero-order chi connectivity index (χ0) is 9.97. The van der Waals surface area contributed by atoms with E-state index in [2.05, 4.69) is 38.3 Å². The van der Waals surface area contributed by atoms with Crippen molar-refractivity contribution in [1.82, 2.24) is 10.2 Å². The first-order valence-electron chi connectivity index (χ1n) is 4.28. The molecule has 3 nitrogen and oxygen atoms in total. The maximum atomic E-state index is 5.51. The van der Waals surface area contributed by atoms with Gasteiger partial charge in [-0.2, -0.15) is 5.10 Å². The molecule has 0 bridgehead atoms. The summed E-state index contributed by atoms with van der Waals surface area (Å²) in [4.78, 5) is 0. The number of anilines is 1. The van der Waals surface area contributed by atoms with Crippen LogP contribution in [0.4, 0.5) is 5.82 Å². The van der Waals surface area contributed by atoms with Crippen molar-refractivity contribution in [2.45, 2.75) is 6.42 Å². The summed E-state index contributed by atoms with van der Waals surface area (Å²) in [6.07, 6.45) is 0.823. The largest absolute Gasteiger partial charge is 0.382 e. The minimum atomic E-state index is 0.537. The van der Waals surface area contributed by atoms with E-state index in [0.29, 0.717) is 5.82 Å². The number of nitrogens with one attached hydrogen (secondary N) is 1. The van der Waals surface area contributed by atoms with Gasteiger partial charge in [0.05, 0.1) is 0 Å². The fourth-order valence-corrected chi connectivity index (χ4v) is 1.78. The van der Waals surface area contributed by atoms with Crippen LogP contribution in [0.5, 0.6) is 0 Å². The summed E-state index contributed by atoms with van der Waals surface area (Å²) < 4.78 is 1.09. The van der Waals surface area contributed by atoms with Crippen molar-refractivity contribution < 1.29 is 0 Å². The highest BCUT2D eigenvalue weighted by molar-refractivity contribution is 9.10. The third-order valence-corrected chi connectivity index (χ3v) is 2.43. The number of aromatic amines is 1. The molecule has 0 saturated heterocycles. The van der Waals surface area contributed by atoms with Crippen LogP contribution in [0.1, 0.15) is 11.3 Å². The number of hydrogen-bond acceptors (Lipinski definition) is 2. The minimum absolute atomic E-state index is 0.537. The highest BCUT2D eigenvalue weighted by atomic mass is 79.9. The smallest absolute Gasteiger partial charge is 0.145 e. The molecule has 1 heterocycles. The monoisotopic (exact) mass is 251 g/mol. The predicted molar refractivity (Wildman–Crippen MR) is 59.9 cm³/mol. The maximum absolute atomic E-state index is 5.51. The van der Waals surface area contributed by atoms with E-state index < -0.39 is 0 Å². The molecule has 0 aliphatic carbocycles. The molecule has 0 spiro atoms. The second kappa shape index (κ2) is 3.84. The van der Waals surface area contributed by atoms with Crippen molar-refractivity contribution >= 4 is 21.7 Å². The number of nitrogens with zero attached hydrogens (tertiary/aromatic N) is 1. The Hall–Kier alpha value is -1.29. The summed E-state index contributed by atoms with van der Waals surface area (Å²) in [6.45, 7) is 0. The molecule has 1 aromatic carbocycles. The van der Waals surface area contributed by atoms with Gasteiger partial charge < -0.3 is 5.73 Å². The first-order chi connectivity index (χ1) is 6.74. The number of nitrogens with two attached hydrogens (primary N) is 1. The van der Waals surface area contributed by atoms with E-state index in [-0.39, 0.29) is 0 Å². The van der Waals surface area contributed by atoms with Crippen LogP contribution >= 0.6 is 15.9 Å². The lowest BCUT2D eigenvalue weighted by Gasteiger charge is -1.98. The van der Waals surface area contributed by atoms with Crippen molar-refractivity contribution in [3.05, 3.63) is 46.1 Å². The molecule has 0 aliphatic heterocycles. The van der Waals surface area contributed by atoms with Gasteiger partial charge in [-0.1, -0.05) is 28.1 Å². The van der Waals surface area contributed by atoms with E-state index in [1.165, 1.54) is 5.56 Å². The first-order valence-corrected chi connectivity index (χ1v) is 5.07. The third kappa shape index (κ3) is 2.14. The van der Waals surface area contributed by atoms with E-state index in [4.69, 9.17) is 5.73 Å². The summed E-state index contributed by atoms with van der Waals surface area (Å²) in [5.41, 5.74) is 7.76. The standard InChI is InChI=1S/C10H10BrN3/c11-8-3-1-2-7(4-8)5-9-6-10(12)14-13-9/h1-4,6H,5H2,(H3,12,13,14). The van der Waals surface area contributed by atoms with Gasteiger partial charge in [-0.3, -0.25) is 5.10 Å². The van der Waals surface area contributed by atoms with Gasteiger partial charge in [0.1, 0.15) is 5.82 Å². The lowest BCUT2D eigenvalue weighted by molar-refractivity contribution is 0.999. The lowest BCUT2D eigenvalue weighted by Crippen LogP contribution is -1.87. The number of benzene rings is 1. The molecule has 0 aliphatic rings. The number of halogens is 1. The Bertz CT molecular complexity index is 436. The summed E-state index contributed by atoms with van der Waals surface area (Å²) in [7, 11) is 0. The molecule has 0 radical (unpaired) electrons. The Morgan fingerprint density at radius 2 is 2.21 bits per heavy atom. The zero-order valence-corrected chi connectivity index (χ0v) is 9.08. The zero-order valence-electron chi connectivity index (χ0n) is 7.50. The topological polar surface area (TPSA) is 54.7 Å². The van der Waals surface area contributed by atoms with Crippen molar-refractivity contribution in [2.24, 2.45) is 0 Å². The van der Waals surface area contributed by atoms with Crippen LogP contribution in [0.3, 0.4) is 0 Å². The van der Waals surface area contributed by atoms with Crippen LogP contribution in [0.15, 0.2) is 34.8 Å². The van der Waals surface area contributed by atoms with Gasteiger partial charge in [-0.25, -0.2) is 0 Å². The van der Waals surface area contributed by atoms with Crippen LogP contribution in [0, 0.1) is 0 Å². The molecule has 0 unspecified atom stereocenters. The third-order valence-electron chi connectivity index (χ3n) is 1.93. The normalized spacial score (nSPS) is 10.4. The summed E-state index contributed by atoms with van der Waals surface area (Å²) in [6, 6.07) is 10.0. The minimum Gasteiger partial charge on any atom is -0.382 e. The van der Waals surface area contributed by atoms with Crippen LogP contribution in [-0.4, -0.2) is 10.2 Å². The SMILES string of the molecule is Nc1cc(Cc2cccc(Br)c2)[nH]n1. The Morgan fingerprint density at radius 1 is 1.36 bits per heavy atom. The molecule has 14 heavy (non-hydrogen) atoms. The maximum Gasteiger partial charge on any atom is 0.145 e. The van der Waals surface area contributed by atoms with Gasteiger partial charge in [-0.15, -0.1) is 0 Å². The first kappa shape index (κ1) is 9.27. The van der Waals surface area contributed by atoms with E-state index >= 15 is 0 Å². The lowest BCUT2D eigenvalue weighted by atomic mass is 10.1. The quantitative estimate of drug-likeness (QED) is 0.861. The molecule has 0 atom stereocenters. The van der Waals surface area contributed by atoms with E-state index in [1.54, 1.807) is 0 Å².